The number of carbonyl (C=O) groups excluding carboxylic acids is 1. The summed E-state index contributed by atoms with van der Waals surface area (Å²) in [5, 5.41) is 3.95. The molecule has 5 rings (SSSR count). The Kier molecular flexibility index (Phi) is 4.76. The first-order chi connectivity index (χ1) is 14.2. The van der Waals surface area contributed by atoms with Crippen molar-refractivity contribution in [3.63, 3.8) is 0 Å². The number of rotatable bonds is 3. The number of hydrogen-bond donors (Lipinski definition) is 1. The van der Waals surface area contributed by atoms with Crippen LogP contribution in [-0.2, 0) is 12.8 Å². The molecule has 1 fully saturated rings. The first kappa shape index (κ1) is 18.3. The van der Waals surface area contributed by atoms with Gasteiger partial charge in [-0.3, -0.25) is 19.7 Å². The van der Waals surface area contributed by atoms with Gasteiger partial charge in [0.15, 0.2) is 0 Å². The largest absolute Gasteiger partial charge is 0.322 e. The molecular weight excluding hydrogens is 360 g/mol. The van der Waals surface area contributed by atoms with E-state index >= 15 is 0 Å². The number of amides is 1. The van der Waals surface area contributed by atoms with Gasteiger partial charge in [-0.2, -0.15) is 0 Å². The number of nitrogens with zero attached hydrogens (tertiary/aromatic N) is 3. The number of fused-ring (bicyclic) bond motifs is 2. The standard InChI is InChI=1S/C24H26N4O/c1-16-22(14-19-15-25-10-7-23(19)26-16)24(29)27-20-6-5-17-8-11-28(21-3-2-4-21)12-9-18(17)13-20/h5-7,10,13-15,21H,2-4,8-9,11-12H2,1H3,(H,27,29). The van der Waals surface area contributed by atoms with E-state index in [4.69, 9.17) is 0 Å². The highest BCUT2D eigenvalue weighted by Crippen LogP contribution is 2.28. The topological polar surface area (TPSA) is 58.1 Å². The summed E-state index contributed by atoms with van der Waals surface area (Å²) in [4.78, 5) is 24.3. The van der Waals surface area contributed by atoms with Crippen molar-refractivity contribution in [3.8, 4) is 0 Å². The Balaban J connectivity index is 1.34. The number of aryl methyl sites for hydroxylation is 1. The van der Waals surface area contributed by atoms with Crippen LogP contribution in [0.15, 0.2) is 42.7 Å². The smallest absolute Gasteiger partial charge is 0.257 e. The molecule has 2 aliphatic rings. The average Bonchev–Trinajstić information content (AvgIpc) is 2.88. The first-order valence-corrected chi connectivity index (χ1v) is 10.6. The van der Waals surface area contributed by atoms with Crippen molar-refractivity contribution < 1.29 is 4.79 Å². The van der Waals surface area contributed by atoms with Gasteiger partial charge in [0, 0.05) is 42.6 Å². The molecule has 0 atom stereocenters. The predicted molar refractivity (Wildman–Crippen MR) is 115 cm³/mol. The van der Waals surface area contributed by atoms with Gasteiger partial charge in [-0.05, 0) is 68.0 Å². The summed E-state index contributed by atoms with van der Waals surface area (Å²) in [6.45, 7) is 4.15. The Labute approximate surface area is 171 Å². The minimum Gasteiger partial charge on any atom is -0.322 e. The van der Waals surface area contributed by atoms with Crippen molar-refractivity contribution in [3.05, 3.63) is 65.1 Å². The highest BCUT2D eigenvalue weighted by molar-refractivity contribution is 6.06. The van der Waals surface area contributed by atoms with Crippen LogP contribution in [0.4, 0.5) is 5.69 Å². The van der Waals surface area contributed by atoms with Crippen LogP contribution in [-0.4, -0.2) is 39.9 Å². The van der Waals surface area contributed by atoms with Crippen molar-refractivity contribution in [2.24, 2.45) is 0 Å². The van der Waals surface area contributed by atoms with E-state index in [9.17, 15) is 4.79 Å². The molecule has 2 aromatic heterocycles. The molecule has 29 heavy (non-hydrogen) atoms. The van der Waals surface area contributed by atoms with Crippen molar-refractivity contribution >= 4 is 22.5 Å². The van der Waals surface area contributed by atoms with Crippen molar-refractivity contribution in [2.45, 2.75) is 45.1 Å². The minimum atomic E-state index is -0.120. The molecule has 5 nitrogen and oxygen atoms in total. The number of aromatic nitrogens is 2. The fraction of sp³-hybridized carbons (Fsp3) is 0.375. The SMILES string of the molecule is Cc1nc2ccncc2cc1C(=O)Nc1ccc2c(c1)CCN(C1CCC1)CC2. The Morgan fingerprint density at radius 2 is 1.93 bits per heavy atom. The fourth-order valence-corrected chi connectivity index (χ4v) is 4.48. The maximum atomic E-state index is 12.9. The summed E-state index contributed by atoms with van der Waals surface area (Å²) in [6.07, 6.45) is 9.70. The van der Waals surface area contributed by atoms with Crippen LogP contribution < -0.4 is 5.32 Å². The molecule has 0 spiro atoms. The van der Waals surface area contributed by atoms with Crippen LogP contribution >= 0.6 is 0 Å². The van der Waals surface area contributed by atoms with Crippen molar-refractivity contribution in [1.82, 2.24) is 14.9 Å². The van der Waals surface area contributed by atoms with Gasteiger partial charge in [-0.25, -0.2) is 0 Å². The van der Waals surface area contributed by atoms with Crippen LogP contribution in [0, 0.1) is 6.92 Å². The monoisotopic (exact) mass is 386 g/mol. The molecule has 0 bridgehead atoms. The normalized spacial score (nSPS) is 17.4. The molecule has 1 aliphatic carbocycles. The van der Waals surface area contributed by atoms with E-state index in [2.05, 4.69) is 32.3 Å². The van der Waals surface area contributed by atoms with E-state index in [1.165, 1.54) is 30.4 Å². The third-order valence-electron chi connectivity index (χ3n) is 6.44. The second kappa shape index (κ2) is 7.56. The number of nitrogens with one attached hydrogen (secondary N) is 1. The zero-order valence-corrected chi connectivity index (χ0v) is 16.8. The zero-order valence-electron chi connectivity index (χ0n) is 16.8. The van der Waals surface area contributed by atoms with Crippen LogP contribution in [0.5, 0.6) is 0 Å². The number of benzene rings is 1. The molecule has 3 heterocycles. The van der Waals surface area contributed by atoms with Crippen LogP contribution in [0.1, 0.15) is 46.4 Å². The van der Waals surface area contributed by atoms with Crippen molar-refractivity contribution in [1.29, 1.82) is 0 Å². The van der Waals surface area contributed by atoms with Gasteiger partial charge in [0.05, 0.1) is 16.8 Å². The predicted octanol–water partition coefficient (Wildman–Crippen LogP) is 4.14. The number of hydrogen-bond acceptors (Lipinski definition) is 4. The van der Waals surface area contributed by atoms with E-state index < -0.39 is 0 Å². The third-order valence-corrected chi connectivity index (χ3v) is 6.44. The van der Waals surface area contributed by atoms with Gasteiger partial charge in [0.25, 0.3) is 5.91 Å². The lowest BCUT2D eigenvalue weighted by atomic mass is 9.91. The molecule has 148 valence electrons. The molecular formula is C24H26N4O. The lowest BCUT2D eigenvalue weighted by Crippen LogP contribution is -2.41. The fourth-order valence-electron chi connectivity index (χ4n) is 4.48. The maximum absolute atomic E-state index is 12.9. The molecule has 1 aliphatic heterocycles. The first-order valence-electron chi connectivity index (χ1n) is 10.6. The van der Waals surface area contributed by atoms with Crippen LogP contribution in [0.2, 0.25) is 0 Å². The second-order valence-corrected chi connectivity index (χ2v) is 8.25. The van der Waals surface area contributed by atoms with Crippen LogP contribution in [0.25, 0.3) is 10.9 Å². The van der Waals surface area contributed by atoms with E-state index in [0.29, 0.717) is 5.56 Å². The second-order valence-electron chi connectivity index (χ2n) is 8.25. The summed E-state index contributed by atoms with van der Waals surface area (Å²) < 4.78 is 0. The van der Waals surface area contributed by atoms with Gasteiger partial charge in [0.1, 0.15) is 0 Å². The average molecular weight is 386 g/mol. The summed E-state index contributed by atoms with van der Waals surface area (Å²) in [5.74, 6) is -0.120. The Morgan fingerprint density at radius 1 is 1.10 bits per heavy atom. The zero-order chi connectivity index (χ0) is 19.8. The Bertz CT molecular complexity index is 1070. The summed E-state index contributed by atoms with van der Waals surface area (Å²) >= 11 is 0. The molecule has 5 heteroatoms. The third kappa shape index (κ3) is 3.62. The van der Waals surface area contributed by atoms with Gasteiger partial charge >= 0.3 is 0 Å². The quantitative estimate of drug-likeness (QED) is 0.735. The van der Waals surface area contributed by atoms with E-state index in [0.717, 1.165) is 54.3 Å². The van der Waals surface area contributed by atoms with E-state index in [-0.39, 0.29) is 5.91 Å². The molecule has 0 saturated heterocycles. The molecule has 0 radical (unpaired) electrons. The number of pyridine rings is 2. The summed E-state index contributed by atoms with van der Waals surface area (Å²) in [6, 6.07) is 10.9. The van der Waals surface area contributed by atoms with Crippen molar-refractivity contribution in [2.75, 3.05) is 18.4 Å². The number of anilines is 1. The molecule has 3 aromatic rings. The molecule has 0 unspecified atom stereocenters. The summed E-state index contributed by atoms with van der Waals surface area (Å²) in [7, 11) is 0. The van der Waals surface area contributed by atoms with E-state index in [1.54, 1.807) is 12.4 Å². The Hall–Kier alpha value is -2.79. The molecule has 1 amide bonds. The van der Waals surface area contributed by atoms with Gasteiger partial charge < -0.3 is 5.32 Å². The number of carbonyl (C=O) groups is 1. The highest BCUT2D eigenvalue weighted by Gasteiger charge is 2.26. The molecule has 1 aromatic carbocycles. The van der Waals surface area contributed by atoms with Gasteiger partial charge in [-0.15, -0.1) is 0 Å². The van der Waals surface area contributed by atoms with Gasteiger partial charge in [0.2, 0.25) is 0 Å². The lowest BCUT2D eigenvalue weighted by Gasteiger charge is -2.36. The van der Waals surface area contributed by atoms with Gasteiger partial charge in [-0.1, -0.05) is 12.5 Å². The maximum Gasteiger partial charge on any atom is 0.257 e. The Morgan fingerprint density at radius 3 is 2.72 bits per heavy atom. The lowest BCUT2D eigenvalue weighted by molar-refractivity contribution is 0.102. The summed E-state index contributed by atoms with van der Waals surface area (Å²) in [5.41, 5.74) is 5.82. The van der Waals surface area contributed by atoms with E-state index in [1.807, 2.05) is 25.1 Å². The molecule has 1 N–H and O–H groups in total. The molecule has 1 saturated carbocycles. The van der Waals surface area contributed by atoms with Crippen LogP contribution in [0.3, 0.4) is 0 Å². The minimum absolute atomic E-state index is 0.120. The highest BCUT2D eigenvalue weighted by atomic mass is 16.1.